The highest BCUT2D eigenvalue weighted by molar-refractivity contribution is 7.22. The van der Waals surface area contributed by atoms with Gasteiger partial charge in [-0.3, -0.25) is 14.7 Å². The number of carbonyl (C=O) groups excluding carboxylic acids is 1. The fourth-order valence-electron chi connectivity index (χ4n) is 2.77. The molecule has 1 unspecified atom stereocenters. The highest BCUT2D eigenvalue weighted by Gasteiger charge is 2.26. The normalized spacial score (nSPS) is 17.7. The van der Waals surface area contributed by atoms with Crippen LogP contribution in [-0.4, -0.2) is 59.0 Å². The van der Waals surface area contributed by atoms with Crippen molar-refractivity contribution in [3.63, 3.8) is 0 Å². The second-order valence-corrected chi connectivity index (χ2v) is 7.21. The molecule has 0 bridgehead atoms. The molecule has 23 heavy (non-hydrogen) atoms. The first-order valence-corrected chi connectivity index (χ1v) is 8.86. The van der Waals surface area contributed by atoms with Crippen LogP contribution in [0.5, 0.6) is 0 Å². The molecule has 0 radical (unpaired) electrons. The van der Waals surface area contributed by atoms with Gasteiger partial charge in [-0.25, -0.2) is 4.98 Å². The van der Waals surface area contributed by atoms with Gasteiger partial charge in [-0.05, 0) is 26.8 Å². The average molecular weight is 333 g/mol. The summed E-state index contributed by atoms with van der Waals surface area (Å²) in [6, 6.07) is 2.10. The fraction of sp³-hybridized carbons (Fsp3) is 0.562. The number of pyridine rings is 1. The fourth-order valence-corrected chi connectivity index (χ4v) is 3.76. The number of anilines is 1. The van der Waals surface area contributed by atoms with Gasteiger partial charge in [0.05, 0.1) is 16.9 Å². The maximum atomic E-state index is 12.1. The maximum Gasteiger partial charge on any atom is 0.237 e. The zero-order valence-electron chi connectivity index (χ0n) is 13.8. The lowest BCUT2D eigenvalue weighted by molar-refractivity contribution is -0.126. The van der Waals surface area contributed by atoms with Gasteiger partial charge in [-0.2, -0.15) is 0 Å². The lowest BCUT2D eigenvalue weighted by Crippen LogP contribution is -2.54. The summed E-state index contributed by atoms with van der Waals surface area (Å²) in [5.41, 5.74) is 0.958. The molecule has 1 saturated heterocycles. The number of aromatic nitrogens is 2. The van der Waals surface area contributed by atoms with E-state index in [1.165, 1.54) is 4.70 Å². The number of rotatable bonds is 4. The smallest absolute Gasteiger partial charge is 0.237 e. The third-order valence-corrected chi connectivity index (χ3v) is 5.22. The molecule has 0 aliphatic carbocycles. The molecule has 2 aromatic heterocycles. The number of nitrogens with zero attached hydrogens (tertiary/aromatic N) is 4. The van der Waals surface area contributed by atoms with E-state index in [0.717, 1.165) is 36.8 Å². The Morgan fingerprint density at radius 3 is 2.65 bits per heavy atom. The molecule has 0 saturated carbocycles. The Morgan fingerprint density at radius 2 is 2.00 bits per heavy atom. The number of hydrogen-bond donors (Lipinski definition) is 1. The predicted octanol–water partition coefficient (Wildman–Crippen LogP) is 1.73. The van der Waals surface area contributed by atoms with Crippen LogP contribution in [0.3, 0.4) is 0 Å². The molecule has 1 amide bonds. The number of hydrogen-bond acceptors (Lipinski definition) is 6. The minimum Gasteiger partial charge on any atom is -0.353 e. The summed E-state index contributed by atoms with van der Waals surface area (Å²) >= 11 is 1.71. The molecular weight excluding hydrogens is 310 g/mol. The molecule has 6 nitrogen and oxygen atoms in total. The van der Waals surface area contributed by atoms with E-state index in [4.69, 9.17) is 0 Å². The zero-order chi connectivity index (χ0) is 16.4. The van der Waals surface area contributed by atoms with Crippen molar-refractivity contribution in [2.24, 2.45) is 0 Å². The van der Waals surface area contributed by atoms with Gasteiger partial charge < -0.3 is 10.2 Å². The molecular formula is C16H23N5OS. The first-order chi connectivity index (χ1) is 11.0. The first-order valence-electron chi connectivity index (χ1n) is 8.04. The van der Waals surface area contributed by atoms with Gasteiger partial charge in [-0.1, -0.05) is 11.3 Å². The van der Waals surface area contributed by atoms with E-state index >= 15 is 0 Å². The predicted molar refractivity (Wildman–Crippen MR) is 93.9 cm³/mol. The van der Waals surface area contributed by atoms with Crippen LogP contribution >= 0.6 is 11.3 Å². The highest BCUT2D eigenvalue weighted by atomic mass is 32.1. The van der Waals surface area contributed by atoms with Crippen molar-refractivity contribution in [2.45, 2.75) is 32.9 Å². The maximum absolute atomic E-state index is 12.1. The van der Waals surface area contributed by atoms with Gasteiger partial charge in [0, 0.05) is 38.4 Å². The number of piperazine rings is 1. The van der Waals surface area contributed by atoms with Gasteiger partial charge >= 0.3 is 0 Å². The third kappa shape index (κ3) is 3.61. The van der Waals surface area contributed by atoms with Crippen molar-refractivity contribution < 1.29 is 4.79 Å². The molecule has 0 aromatic carbocycles. The van der Waals surface area contributed by atoms with Crippen molar-refractivity contribution in [2.75, 3.05) is 31.1 Å². The van der Waals surface area contributed by atoms with E-state index in [9.17, 15) is 4.79 Å². The van der Waals surface area contributed by atoms with Crippen LogP contribution in [-0.2, 0) is 4.79 Å². The Hall–Kier alpha value is -1.73. The lowest BCUT2D eigenvalue weighted by Gasteiger charge is -2.37. The van der Waals surface area contributed by atoms with Gasteiger partial charge in [-0.15, -0.1) is 0 Å². The number of nitrogens with one attached hydrogen (secondary N) is 1. The molecule has 1 N–H and O–H groups in total. The second-order valence-electron chi connectivity index (χ2n) is 6.20. The summed E-state index contributed by atoms with van der Waals surface area (Å²) in [5, 5.41) is 4.04. The molecule has 1 aliphatic rings. The molecule has 1 fully saturated rings. The van der Waals surface area contributed by atoms with E-state index in [1.54, 1.807) is 17.5 Å². The molecule has 1 atom stereocenters. The average Bonchev–Trinajstić information content (AvgIpc) is 2.97. The van der Waals surface area contributed by atoms with Crippen molar-refractivity contribution in [1.29, 1.82) is 0 Å². The number of fused-ring (bicyclic) bond motifs is 1. The molecule has 124 valence electrons. The minimum absolute atomic E-state index is 0.0842. The Kier molecular flexibility index (Phi) is 4.77. The Morgan fingerprint density at radius 1 is 1.26 bits per heavy atom. The van der Waals surface area contributed by atoms with Crippen LogP contribution in [0.4, 0.5) is 5.13 Å². The van der Waals surface area contributed by atoms with Gasteiger partial charge in [0.25, 0.3) is 0 Å². The van der Waals surface area contributed by atoms with Crippen molar-refractivity contribution >= 4 is 32.6 Å². The van der Waals surface area contributed by atoms with Crippen molar-refractivity contribution in [3.05, 3.63) is 18.5 Å². The molecule has 3 rings (SSSR count). The van der Waals surface area contributed by atoms with Crippen molar-refractivity contribution in [1.82, 2.24) is 20.2 Å². The van der Waals surface area contributed by atoms with Crippen molar-refractivity contribution in [3.8, 4) is 0 Å². The standard InChI is InChI=1S/C16H23N5OS/c1-11(2)18-15(22)12(3)20-6-8-21(9-7-20)16-19-13-10-17-5-4-14(13)23-16/h4-5,10-12H,6-9H2,1-3H3,(H,18,22). The van der Waals surface area contributed by atoms with E-state index in [2.05, 4.69) is 25.1 Å². The van der Waals surface area contributed by atoms with E-state index in [-0.39, 0.29) is 18.0 Å². The van der Waals surface area contributed by atoms with Crippen LogP contribution < -0.4 is 10.2 Å². The summed E-state index contributed by atoms with van der Waals surface area (Å²) in [5.74, 6) is 0.111. The molecule has 7 heteroatoms. The second kappa shape index (κ2) is 6.80. The third-order valence-electron chi connectivity index (χ3n) is 4.12. The number of carbonyl (C=O) groups is 1. The minimum atomic E-state index is -0.0842. The Bertz CT molecular complexity index is 645. The van der Waals surface area contributed by atoms with Crippen LogP contribution in [0.25, 0.3) is 10.2 Å². The molecule has 1 aliphatic heterocycles. The summed E-state index contributed by atoms with van der Waals surface area (Å²) in [6.07, 6.45) is 3.61. The van der Waals surface area contributed by atoms with Gasteiger partial charge in [0.1, 0.15) is 5.52 Å². The van der Waals surface area contributed by atoms with Crippen LogP contribution in [0.2, 0.25) is 0 Å². The number of thiazole rings is 1. The highest BCUT2D eigenvalue weighted by Crippen LogP contribution is 2.28. The van der Waals surface area contributed by atoms with Gasteiger partial charge in [0.2, 0.25) is 5.91 Å². The van der Waals surface area contributed by atoms with E-state index < -0.39 is 0 Å². The van der Waals surface area contributed by atoms with E-state index in [1.807, 2.05) is 33.0 Å². The topological polar surface area (TPSA) is 61.4 Å². The monoisotopic (exact) mass is 333 g/mol. The first kappa shape index (κ1) is 16.1. The largest absolute Gasteiger partial charge is 0.353 e. The lowest BCUT2D eigenvalue weighted by atomic mass is 10.2. The van der Waals surface area contributed by atoms with Crippen LogP contribution in [0, 0.1) is 0 Å². The molecule has 3 heterocycles. The van der Waals surface area contributed by atoms with E-state index in [0.29, 0.717) is 0 Å². The SMILES string of the molecule is CC(C)NC(=O)C(C)N1CCN(c2nc3cnccc3s2)CC1. The van der Waals surface area contributed by atoms with Crippen LogP contribution in [0.15, 0.2) is 18.5 Å². The van der Waals surface area contributed by atoms with Crippen LogP contribution in [0.1, 0.15) is 20.8 Å². The Labute approximate surface area is 140 Å². The van der Waals surface area contributed by atoms with Gasteiger partial charge in [0.15, 0.2) is 5.13 Å². The summed E-state index contributed by atoms with van der Waals surface area (Å²) in [4.78, 5) is 25.5. The Balaban J connectivity index is 1.60. The molecule has 2 aromatic rings. The quantitative estimate of drug-likeness (QED) is 0.923. The molecule has 0 spiro atoms. The summed E-state index contributed by atoms with van der Waals surface area (Å²) in [6.45, 7) is 9.51. The zero-order valence-corrected chi connectivity index (χ0v) is 14.6. The summed E-state index contributed by atoms with van der Waals surface area (Å²) < 4.78 is 1.17. The summed E-state index contributed by atoms with van der Waals surface area (Å²) in [7, 11) is 0. The number of amides is 1.